The van der Waals surface area contributed by atoms with E-state index in [0.717, 1.165) is 4.90 Å². The summed E-state index contributed by atoms with van der Waals surface area (Å²) < 4.78 is 37.9. The van der Waals surface area contributed by atoms with Crippen LogP contribution in [0.25, 0.3) is 0 Å². The summed E-state index contributed by atoms with van der Waals surface area (Å²) in [4.78, 5) is 12.8. The van der Waals surface area contributed by atoms with Gasteiger partial charge in [-0.05, 0) is 24.1 Å². The molecule has 0 radical (unpaired) electrons. The first-order chi connectivity index (χ1) is 9.31. The van der Waals surface area contributed by atoms with Crippen molar-refractivity contribution >= 4 is 17.5 Å². The molecule has 110 valence electrons. The van der Waals surface area contributed by atoms with E-state index in [1.54, 1.807) is 31.2 Å². The second kappa shape index (κ2) is 5.61. The standard InChI is InChI=1S/C13H14ClF3N2O/c1-2-10-12(20)19(7-13(15,16)17)11(18-10)8-3-5-9(14)6-4-8/h3-6,10-11,18H,2,7H2,1H3. The molecular weight excluding hydrogens is 293 g/mol. The number of benzene rings is 1. The van der Waals surface area contributed by atoms with E-state index in [2.05, 4.69) is 5.32 Å². The topological polar surface area (TPSA) is 32.3 Å². The highest BCUT2D eigenvalue weighted by Gasteiger charge is 2.44. The molecule has 7 heteroatoms. The van der Waals surface area contributed by atoms with Crippen LogP contribution >= 0.6 is 11.6 Å². The van der Waals surface area contributed by atoms with Crippen molar-refractivity contribution in [3.8, 4) is 0 Å². The summed E-state index contributed by atoms with van der Waals surface area (Å²) in [5.41, 5.74) is 0.586. The van der Waals surface area contributed by atoms with Crippen molar-refractivity contribution in [2.45, 2.75) is 31.7 Å². The first-order valence-electron chi connectivity index (χ1n) is 6.20. The average molecular weight is 307 g/mol. The third kappa shape index (κ3) is 3.24. The summed E-state index contributed by atoms with van der Waals surface area (Å²) in [6.45, 7) is 0.494. The van der Waals surface area contributed by atoms with Crippen LogP contribution in [0.4, 0.5) is 13.2 Å². The van der Waals surface area contributed by atoms with E-state index < -0.39 is 30.8 Å². The van der Waals surface area contributed by atoms with Crippen LogP contribution in [-0.2, 0) is 4.79 Å². The average Bonchev–Trinajstić information content (AvgIpc) is 2.66. The Bertz CT molecular complexity index is 489. The lowest BCUT2D eigenvalue weighted by Crippen LogP contribution is -2.38. The molecule has 1 aliphatic rings. The van der Waals surface area contributed by atoms with Gasteiger partial charge in [-0.1, -0.05) is 30.7 Å². The second-order valence-corrected chi connectivity index (χ2v) is 5.10. The highest BCUT2D eigenvalue weighted by molar-refractivity contribution is 6.30. The molecule has 0 saturated carbocycles. The van der Waals surface area contributed by atoms with Crippen molar-refractivity contribution in [1.82, 2.24) is 10.2 Å². The van der Waals surface area contributed by atoms with Crippen LogP contribution < -0.4 is 5.32 Å². The van der Waals surface area contributed by atoms with Gasteiger partial charge in [-0.2, -0.15) is 13.2 Å². The van der Waals surface area contributed by atoms with Crippen LogP contribution in [0.5, 0.6) is 0 Å². The van der Waals surface area contributed by atoms with Gasteiger partial charge in [0.05, 0.1) is 6.04 Å². The monoisotopic (exact) mass is 306 g/mol. The second-order valence-electron chi connectivity index (χ2n) is 4.66. The van der Waals surface area contributed by atoms with Crippen LogP contribution in [-0.4, -0.2) is 29.6 Å². The first kappa shape index (κ1) is 15.1. The fourth-order valence-corrected chi connectivity index (χ4v) is 2.38. The number of rotatable bonds is 3. The molecular formula is C13H14ClF3N2O. The minimum atomic E-state index is -4.43. The Morgan fingerprint density at radius 3 is 2.40 bits per heavy atom. The zero-order chi connectivity index (χ0) is 14.9. The Morgan fingerprint density at radius 2 is 1.90 bits per heavy atom. The third-order valence-electron chi connectivity index (χ3n) is 3.20. The SMILES string of the molecule is CCC1NC(c2ccc(Cl)cc2)N(CC(F)(F)F)C1=O. The van der Waals surface area contributed by atoms with Crippen LogP contribution in [0.3, 0.4) is 0 Å². The molecule has 2 rings (SSSR count). The maximum Gasteiger partial charge on any atom is 0.406 e. The molecule has 0 aromatic heterocycles. The molecule has 1 aromatic carbocycles. The Balaban J connectivity index is 2.28. The first-order valence-corrected chi connectivity index (χ1v) is 6.58. The van der Waals surface area contributed by atoms with Crippen LogP contribution in [0.1, 0.15) is 25.1 Å². The minimum absolute atomic E-state index is 0.442. The van der Waals surface area contributed by atoms with Crippen molar-refractivity contribution in [3.63, 3.8) is 0 Å². The van der Waals surface area contributed by atoms with E-state index in [0.29, 0.717) is 17.0 Å². The Morgan fingerprint density at radius 1 is 1.30 bits per heavy atom. The fraction of sp³-hybridized carbons (Fsp3) is 0.462. The molecule has 0 spiro atoms. The summed E-state index contributed by atoms with van der Waals surface area (Å²) in [6.07, 6.45) is -4.76. The van der Waals surface area contributed by atoms with Crippen molar-refractivity contribution in [3.05, 3.63) is 34.9 Å². The van der Waals surface area contributed by atoms with Crippen molar-refractivity contribution in [1.29, 1.82) is 0 Å². The number of carbonyl (C=O) groups excluding carboxylic acids is 1. The number of hydrogen-bond acceptors (Lipinski definition) is 2. The van der Waals surface area contributed by atoms with E-state index in [-0.39, 0.29) is 0 Å². The number of nitrogens with zero attached hydrogens (tertiary/aromatic N) is 1. The minimum Gasteiger partial charge on any atom is -0.312 e. The van der Waals surface area contributed by atoms with E-state index >= 15 is 0 Å². The highest BCUT2D eigenvalue weighted by Crippen LogP contribution is 2.30. The molecule has 1 heterocycles. The van der Waals surface area contributed by atoms with E-state index in [1.165, 1.54) is 0 Å². The molecule has 1 fully saturated rings. The Kier molecular flexibility index (Phi) is 4.25. The number of amides is 1. The molecule has 3 nitrogen and oxygen atoms in total. The van der Waals surface area contributed by atoms with Gasteiger partial charge in [0.2, 0.25) is 5.91 Å². The van der Waals surface area contributed by atoms with E-state index in [9.17, 15) is 18.0 Å². The van der Waals surface area contributed by atoms with Gasteiger partial charge in [0.15, 0.2) is 0 Å². The molecule has 2 unspecified atom stereocenters. The number of carbonyl (C=O) groups is 1. The normalized spacial score (nSPS) is 23.4. The lowest BCUT2D eigenvalue weighted by atomic mass is 10.1. The van der Waals surface area contributed by atoms with Crippen LogP contribution in [0.2, 0.25) is 5.02 Å². The number of nitrogens with one attached hydrogen (secondary N) is 1. The molecule has 1 saturated heterocycles. The van der Waals surface area contributed by atoms with E-state index in [1.807, 2.05) is 0 Å². The quantitative estimate of drug-likeness (QED) is 0.930. The predicted octanol–water partition coefficient (Wildman–Crippen LogP) is 3.11. The Hall–Kier alpha value is -1.27. The Labute approximate surface area is 119 Å². The zero-order valence-corrected chi connectivity index (χ0v) is 11.5. The highest BCUT2D eigenvalue weighted by atomic mass is 35.5. The molecule has 1 amide bonds. The predicted molar refractivity (Wildman–Crippen MR) is 69.2 cm³/mol. The summed E-state index contributed by atoms with van der Waals surface area (Å²) in [5.74, 6) is -0.523. The third-order valence-corrected chi connectivity index (χ3v) is 3.45. The number of halogens is 4. The number of alkyl halides is 3. The number of hydrogen-bond donors (Lipinski definition) is 1. The molecule has 0 bridgehead atoms. The summed E-state index contributed by atoms with van der Waals surface area (Å²) in [6, 6.07) is 5.84. The molecule has 2 atom stereocenters. The van der Waals surface area contributed by atoms with Gasteiger partial charge in [-0.15, -0.1) is 0 Å². The molecule has 1 aliphatic heterocycles. The van der Waals surface area contributed by atoms with Gasteiger partial charge in [0, 0.05) is 5.02 Å². The summed E-state index contributed by atoms with van der Waals surface area (Å²) in [7, 11) is 0. The van der Waals surface area contributed by atoms with Crippen molar-refractivity contribution in [2.24, 2.45) is 0 Å². The van der Waals surface area contributed by atoms with Gasteiger partial charge in [0.25, 0.3) is 0 Å². The molecule has 1 aromatic rings. The lowest BCUT2D eigenvalue weighted by molar-refractivity contribution is -0.161. The smallest absolute Gasteiger partial charge is 0.312 e. The largest absolute Gasteiger partial charge is 0.406 e. The summed E-state index contributed by atoms with van der Waals surface area (Å²) in [5, 5.41) is 3.43. The van der Waals surface area contributed by atoms with Crippen LogP contribution in [0.15, 0.2) is 24.3 Å². The van der Waals surface area contributed by atoms with E-state index in [4.69, 9.17) is 11.6 Å². The zero-order valence-electron chi connectivity index (χ0n) is 10.7. The van der Waals surface area contributed by atoms with Crippen molar-refractivity contribution < 1.29 is 18.0 Å². The molecule has 0 aliphatic carbocycles. The van der Waals surface area contributed by atoms with Gasteiger partial charge in [0.1, 0.15) is 12.7 Å². The van der Waals surface area contributed by atoms with Gasteiger partial charge >= 0.3 is 6.18 Å². The van der Waals surface area contributed by atoms with Crippen LogP contribution in [0, 0.1) is 0 Å². The van der Waals surface area contributed by atoms with Gasteiger partial charge < -0.3 is 4.90 Å². The maximum atomic E-state index is 12.6. The van der Waals surface area contributed by atoms with Gasteiger partial charge in [-0.3, -0.25) is 10.1 Å². The van der Waals surface area contributed by atoms with Crippen molar-refractivity contribution in [2.75, 3.05) is 6.54 Å². The van der Waals surface area contributed by atoms with Gasteiger partial charge in [-0.25, -0.2) is 0 Å². The molecule has 1 N–H and O–H groups in total. The molecule has 20 heavy (non-hydrogen) atoms. The lowest BCUT2D eigenvalue weighted by Gasteiger charge is -2.25. The maximum absolute atomic E-state index is 12.6. The summed E-state index contributed by atoms with van der Waals surface area (Å²) >= 11 is 5.76. The fourth-order valence-electron chi connectivity index (χ4n) is 2.26.